The lowest BCUT2D eigenvalue weighted by Crippen LogP contribution is -2.11. The number of hydrogen-bond donors (Lipinski definition) is 1. The van der Waals surface area contributed by atoms with Crippen LogP contribution in [0.5, 0.6) is 11.5 Å². The van der Waals surface area contributed by atoms with E-state index in [4.69, 9.17) is 22.7 Å². The summed E-state index contributed by atoms with van der Waals surface area (Å²) < 4.78 is 7.87. The minimum absolute atomic E-state index is 0.304. The van der Waals surface area contributed by atoms with Crippen molar-refractivity contribution in [3.05, 3.63) is 56.0 Å². The number of nitrogens with two attached hydrogens (primary N) is 1. The predicted octanol–water partition coefficient (Wildman–Crippen LogP) is 5.25. The standard InChI is InChI=1S/C15H13Br2NOS/c1-8-6-10(7-9(2)14(8)17)19-12-5-3-4-11(16)13(12)15(18)20/h3-7H,1-2H3,(H2,18,20). The van der Waals surface area contributed by atoms with Gasteiger partial charge in [0.2, 0.25) is 0 Å². The van der Waals surface area contributed by atoms with Crippen molar-refractivity contribution in [2.24, 2.45) is 5.73 Å². The lowest BCUT2D eigenvalue weighted by atomic mass is 10.1. The Balaban J connectivity index is 2.45. The van der Waals surface area contributed by atoms with Gasteiger partial charge in [-0.1, -0.05) is 34.2 Å². The van der Waals surface area contributed by atoms with Crippen molar-refractivity contribution in [1.82, 2.24) is 0 Å². The molecule has 2 aromatic rings. The lowest BCUT2D eigenvalue weighted by molar-refractivity contribution is 0.480. The number of rotatable bonds is 3. The van der Waals surface area contributed by atoms with Crippen LogP contribution in [-0.2, 0) is 0 Å². The fourth-order valence-electron chi connectivity index (χ4n) is 1.92. The number of halogens is 2. The number of thiocarbonyl (C=S) groups is 1. The first-order chi connectivity index (χ1) is 9.40. The van der Waals surface area contributed by atoms with Gasteiger partial charge in [0.1, 0.15) is 16.5 Å². The third-order valence-corrected chi connectivity index (χ3v) is 4.98. The van der Waals surface area contributed by atoms with E-state index < -0.39 is 0 Å². The fourth-order valence-corrected chi connectivity index (χ4v) is 3.05. The van der Waals surface area contributed by atoms with Crippen molar-refractivity contribution in [2.75, 3.05) is 0 Å². The molecular weight excluding hydrogens is 402 g/mol. The molecule has 5 heteroatoms. The van der Waals surface area contributed by atoms with Gasteiger partial charge in [-0.3, -0.25) is 0 Å². The molecule has 0 amide bonds. The van der Waals surface area contributed by atoms with E-state index in [-0.39, 0.29) is 0 Å². The van der Waals surface area contributed by atoms with Crippen molar-refractivity contribution >= 4 is 49.1 Å². The van der Waals surface area contributed by atoms with Gasteiger partial charge in [-0.25, -0.2) is 0 Å². The van der Waals surface area contributed by atoms with Crippen LogP contribution >= 0.6 is 44.1 Å². The molecule has 0 aromatic heterocycles. The smallest absolute Gasteiger partial charge is 0.138 e. The van der Waals surface area contributed by atoms with E-state index in [1.165, 1.54) is 0 Å². The molecule has 0 aliphatic carbocycles. The van der Waals surface area contributed by atoms with Gasteiger partial charge in [-0.15, -0.1) is 0 Å². The van der Waals surface area contributed by atoms with Crippen molar-refractivity contribution in [1.29, 1.82) is 0 Å². The van der Waals surface area contributed by atoms with Crippen molar-refractivity contribution in [3.8, 4) is 11.5 Å². The molecule has 0 aliphatic rings. The molecule has 0 heterocycles. The quantitative estimate of drug-likeness (QED) is 0.696. The Bertz CT molecular complexity index is 663. The second-order valence-corrected chi connectivity index (χ2v) is 6.54. The molecular formula is C15H13Br2NOS. The van der Waals surface area contributed by atoms with E-state index in [0.29, 0.717) is 16.3 Å². The van der Waals surface area contributed by atoms with E-state index in [0.717, 1.165) is 25.8 Å². The molecule has 0 fully saturated rings. The average molecular weight is 415 g/mol. The van der Waals surface area contributed by atoms with Crippen LogP contribution in [-0.4, -0.2) is 4.99 Å². The van der Waals surface area contributed by atoms with Gasteiger partial charge in [-0.2, -0.15) is 0 Å². The highest BCUT2D eigenvalue weighted by molar-refractivity contribution is 9.10. The minimum Gasteiger partial charge on any atom is -0.457 e. The van der Waals surface area contributed by atoms with Gasteiger partial charge in [0, 0.05) is 8.95 Å². The largest absolute Gasteiger partial charge is 0.457 e. The molecule has 2 aromatic carbocycles. The molecule has 0 radical (unpaired) electrons. The summed E-state index contributed by atoms with van der Waals surface area (Å²) in [6, 6.07) is 9.58. The number of aryl methyl sites for hydroxylation is 2. The van der Waals surface area contributed by atoms with Crippen molar-refractivity contribution in [2.45, 2.75) is 13.8 Å². The first-order valence-corrected chi connectivity index (χ1v) is 7.92. The summed E-state index contributed by atoms with van der Waals surface area (Å²) in [5.41, 5.74) is 8.71. The van der Waals surface area contributed by atoms with E-state index in [1.54, 1.807) is 0 Å². The summed E-state index contributed by atoms with van der Waals surface area (Å²) in [4.78, 5) is 0.304. The highest BCUT2D eigenvalue weighted by atomic mass is 79.9. The van der Waals surface area contributed by atoms with Crippen LogP contribution in [0.15, 0.2) is 39.3 Å². The van der Waals surface area contributed by atoms with Gasteiger partial charge < -0.3 is 10.5 Å². The van der Waals surface area contributed by atoms with Gasteiger partial charge in [0.15, 0.2) is 0 Å². The topological polar surface area (TPSA) is 35.2 Å². The summed E-state index contributed by atoms with van der Waals surface area (Å²) in [6.45, 7) is 4.05. The Morgan fingerprint density at radius 1 is 1.15 bits per heavy atom. The average Bonchev–Trinajstić information content (AvgIpc) is 2.35. The van der Waals surface area contributed by atoms with Crippen LogP contribution < -0.4 is 10.5 Å². The fraction of sp³-hybridized carbons (Fsp3) is 0.133. The third kappa shape index (κ3) is 3.22. The maximum absolute atomic E-state index is 5.95. The Labute approximate surface area is 140 Å². The lowest BCUT2D eigenvalue weighted by Gasteiger charge is -2.13. The van der Waals surface area contributed by atoms with Crippen LogP contribution in [0.2, 0.25) is 0 Å². The van der Waals surface area contributed by atoms with Gasteiger partial charge >= 0.3 is 0 Å². The number of benzene rings is 2. The second kappa shape index (κ2) is 6.24. The predicted molar refractivity (Wildman–Crippen MR) is 93.7 cm³/mol. The van der Waals surface area contributed by atoms with Crippen LogP contribution in [0.25, 0.3) is 0 Å². The van der Waals surface area contributed by atoms with Gasteiger partial charge in [-0.05, 0) is 65.2 Å². The number of hydrogen-bond acceptors (Lipinski definition) is 2. The van der Waals surface area contributed by atoms with Gasteiger partial charge in [0.05, 0.1) is 5.56 Å². The summed E-state index contributed by atoms with van der Waals surface area (Å²) in [7, 11) is 0. The van der Waals surface area contributed by atoms with Crippen LogP contribution in [0.1, 0.15) is 16.7 Å². The first kappa shape index (κ1) is 15.5. The zero-order valence-corrected chi connectivity index (χ0v) is 15.0. The second-order valence-electron chi connectivity index (χ2n) is 4.45. The summed E-state index contributed by atoms with van der Waals surface area (Å²) in [5.74, 6) is 1.41. The van der Waals surface area contributed by atoms with Crippen molar-refractivity contribution in [3.63, 3.8) is 0 Å². The van der Waals surface area contributed by atoms with Crippen LogP contribution in [0, 0.1) is 13.8 Å². The Morgan fingerprint density at radius 2 is 1.75 bits per heavy atom. The van der Waals surface area contributed by atoms with Crippen LogP contribution in [0.4, 0.5) is 0 Å². The van der Waals surface area contributed by atoms with Crippen molar-refractivity contribution < 1.29 is 4.74 Å². The van der Waals surface area contributed by atoms with Gasteiger partial charge in [0.25, 0.3) is 0 Å². The number of ether oxygens (including phenoxy) is 1. The van der Waals surface area contributed by atoms with E-state index in [9.17, 15) is 0 Å². The minimum atomic E-state index is 0.304. The molecule has 0 spiro atoms. The Hall–Kier alpha value is -0.910. The summed E-state index contributed by atoms with van der Waals surface area (Å²) >= 11 is 12.1. The molecule has 0 unspecified atom stereocenters. The summed E-state index contributed by atoms with van der Waals surface area (Å²) in [6.07, 6.45) is 0. The Kier molecular flexibility index (Phi) is 4.83. The highest BCUT2D eigenvalue weighted by Gasteiger charge is 2.12. The zero-order chi connectivity index (χ0) is 14.9. The maximum atomic E-state index is 5.95. The summed E-state index contributed by atoms with van der Waals surface area (Å²) in [5, 5.41) is 0. The van der Waals surface area contributed by atoms with E-state index in [2.05, 4.69) is 31.9 Å². The molecule has 0 saturated heterocycles. The molecule has 0 saturated carbocycles. The molecule has 0 bridgehead atoms. The third-order valence-electron chi connectivity index (χ3n) is 2.86. The molecule has 2 nitrogen and oxygen atoms in total. The molecule has 2 rings (SSSR count). The first-order valence-electron chi connectivity index (χ1n) is 5.93. The molecule has 2 N–H and O–H groups in total. The van der Waals surface area contributed by atoms with Crippen LogP contribution in [0.3, 0.4) is 0 Å². The van der Waals surface area contributed by atoms with E-state index >= 15 is 0 Å². The zero-order valence-electron chi connectivity index (χ0n) is 11.0. The van der Waals surface area contributed by atoms with E-state index in [1.807, 2.05) is 44.2 Å². The molecule has 20 heavy (non-hydrogen) atoms. The monoisotopic (exact) mass is 413 g/mol. The maximum Gasteiger partial charge on any atom is 0.138 e. The highest BCUT2D eigenvalue weighted by Crippen LogP contribution is 2.33. The Morgan fingerprint density at radius 3 is 2.30 bits per heavy atom. The SMILES string of the molecule is Cc1cc(Oc2cccc(Br)c2C(N)=S)cc(C)c1Br. The molecule has 0 atom stereocenters. The molecule has 0 aliphatic heterocycles. The normalized spacial score (nSPS) is 10.4. The molecule has 104 valence electrons.